The van der Waals surface area contributed by atoms with Crippen molar-refractivity contribution < 1.29 is 0 Å². The van der Waals surface area contributed by atoms with E-state index in [0.717, 1.165) is 271 Å². The second kappa shape index (κ2) is 47.5. The highest BCUT2D eigenvalue weighted by Crippen LogP contribution is 2.41. The van der Waals surface area contributed by atoms with Crippen molar-refractivity contribution >= 4 is 81.9 Å². The molecule has 706 valence electrons. The molecule has 136 heavy (non-hydrogen) atoms. The Kier molecular flexibility index (Phi) is 33.6. The molecule has 32 nitrogen and oxygen atoms in total. The van der Waals surface area contributed by atoms with Gasteiger partial charge in [0.25, 0.3) is 0 Å². The van der Waals surface area contributed by atoms with Gasteiger partial charge in [-0.05, 0) is 268 Å². The Hall–Kier alpha value is -13.0. The van der Waals surface area contributed by atoms with Gasteiger partial charge in [-0.3, -0.25) is 0 Å². The van der Waals surface area contributed by atoms with Crippen LogP contribution in [0.25, 0.3) is 0 Å². The third kappa shape index (κ3) is 25.6. The zero-order valence-electron chi connectivity index (χ0n) is 78.8. The predicted molar refractivity (Wildman–Crippen MR) is 529 cm³/mol. The number of nitriles is 5. The lowest BCUT2D eigenvalue weighted by atomic mass is 9.79. The molecule has 10 aliphatic heterocycles. The van der Waals surface area contributed by atoms with Crippen LogP contribution >= 0.6 is 23.2 Å². The van der Waals surface area contributed by atoms with Crippen molar-refractivity contribution in [1.82, 2.24) is 84.7 Å². The van der Waals surface area contributed by atoms with Crippen molar-refractivity contribution in [2.75, 3.05) is 180 Å². The van der Waals surface area contributed by atoms with E-state index in [1.165, 1.54) is 147 Å². The Morgan fingerprint density at radius 1 is 0.250 bits per heavy atom. The molecule has 10 saturated heterocycles. The molecule has 0 amide bonds. The molecule has 0 radical (unpaired) electrons. The van der Waals surface area contributed by atoms with Crippen LogP contribution < -0.4 is 49.0 Å². The topological polar surface area (TPSA) is 370 Å². The van der Waals surface area contributed by atoms with Crippen molar-refractivity contribution in [3.05, 3.63) is 196 Å². The summed E-state index contributed by atoms with van der Waals surface area (Å²) in [6, 6.07) is 29.5. The third-order valence-corrected chi connectivity index (χ3v) is 30.3. The standard InChI is InChI=1S/2C21H25ClN6.C21H26N6.C20H25N7.C19H23N7/c1-15-12-25-21(26-13-15)28-8-4-17(5-9-28)16-2-6-27(7-3-16)20-10-18(11-23)19(22)14-24-20;1-15-13-24-21(25-14-15)28-10-6-17(7-11-28)16-4-8-27(9-5-16)20-3-2-18(22)19(12-23)26-20;1-16-3-2-4-20(25-16)26-9-5-17(6-10-26)18-7-11-27(12-8-18)21-13-19(14-22)23-15-24-21;1-15-12-22-20(23-13-15)27-8-4-17(5-9-27)16-2-6-26(7-3-16)19-10-18(11-21)24-14-25-19;20-13-17-12-18(24-14-23-17)25-8-2-15(3-9-25)16-4-10-26(11-5-16)19-21-6-1-7-22-19/h10,12-14,16-17H,2-9H2,1H3;2-3,13-14,16-17H,4-11H2,1H3;2-4,13,15,17-18H,5-12H2,1H3;10,12-14,16-17H,2-9H2,1H3;1,6-7,12,14-16H,2-5,8-11H2. The molecule has 0 saturated carbocycles. The molecule has 34 heteroatoms. The monoisotopic (exact) mass is 1870 g/mol. The Bertz CT molecular complexity index is 5550. The molecule has 10 aromatic rings. The highest BCUT2D eigenvalue weighted by atomic mass is 35.5. The lowest BCUT2D eigenvalue weighted by Gasteiger charge is -2.40. The molecule has 0 aromatic carbocycles. The van der Waals surface area contributed by atoms with Crippen molar-refractivity contribution in [3.8, 4) is 30.3 Å². The zero-order valence-corrected chi connectivity index (χ0v) is 80.3. The lowest BCUT2D eigenvalue weighted by molar-refractivity contribution is 0.232. The maximum absolute atomic E-state index is 9.18. The number of hydrogen-bond acceptors (Lipinski definition) is 32. The lowest BCUT2D eigenvalue weighted by Crippen LogP contribution is -2.41. The summed E-state index contributed by atoms with van der Waals surface area (Å²) >= 11 is 12.0. The molecule has 10 aromatic heterocycles. The maximum Gasteiger partial charge on any atom is 0.225 e. The van der Waals surface area contributed by atoms with Crippen molar-refractivity contribution in [3.63, 3.8) is 0 Å². The van der Waals surface area contributed by atoms with Crippen LogP contribution in [0.1, 0.15) is 179 Å². The van der Waals surface area contributed by atoms with Crippen molar-refractivity contribution in [2.45, 2.75) is 156 Å². The summed E-state index contributed by atoms with van der Waals surface area (Å²) in [5.41, 5.74) is 6.52. The number of hydrogen-bond donors (Lipinski definition) is 0. The maximum atomic E-state index is 9.18. The Morgan fingerprint density at radius 2 is 0.522 bits per heavy atom. The van der Waals surface area contributed by atoms with E-state index in [0.29, 0.717) is 38.4 Å². The molecule has 0 atom stereocenters. The van der Waals surface area contributed by atoms with Crippen LogP contribution in [0.3, 0.4) is 0 Å². The van der Waals surface area contributed by atoms with Crippen LogP contribution in [0.2, 0.25) is 10.0 Å². The Morgan fingerprint density at radius 3 is 0.801 bits per heavy atom. The molecular formula is C102H124Cl2N32. The number of halogens is 2. The summed E-state index contributed by atoms with van der Waals surface area (Å²) in [6.45, 7) is 28.7. The summed E-state index contributed by atoms with van der Waals surface area (Å²) in [4.78, 5) is 97.1. The fourth-order valence-electron chi connectivity index (χ4n) is 21.8. The molecule has 0 spiro atoms. The van der Waals surface area contributed by atoms with Gasteiger partial charge in [0.15, 0.2) is 5.69 Å². The molecule has 20 heterocycles. The van der Waals surface area contributed by atoms with Gasteiger partial charge in [0.2, 0.25) is 23.8 Å². The van der Waals surface area contributed by atoms with E-state index in [4.69, 9.17) is 44.2 Å². The second-order valence-corrected chi connectivity index (χ2v) is 38.8. The normalized spacial score (nSPS) is 19.1. The fraction of sp³-hybridized carbons (Fsp3) is 0.529. The van der Waals surface area contributed by atoms with Crippen LogP contribution in [0.15, 0.2) is 135 Å². The molecule has 0 bridgehead atoms. The van der Waals surface area contributed by atoms with Crippen LogP contribution in [0.4, 0.5) is 58.7 Å². The van der Waals surface area contributed by atoms with Crippen LogP contribution in [-0.4, -0.2) is 216 Å². The first kappa shape index (κ1) is 96.2. The van der Waals surface area contributed by atoms with Crippen LogP contribution in [0, 0.1) is 144 Å². The van der Waals surface area contributed by atoms with Crippen molar-refractivity contribution in [2.24, 2.45) is 59.2 Å². The number of anilines is 10. The first-order chi connectivity index (χ1) is 66.6. The van der Waals surface area contributed by atoms with Gasteiger partial charge in [-0.2, -0.15) is 26.3 Å². The number of rotatable bonds is 15. The number of aryl methyl sites for hydroxylation is 4. The first-order valence-electron chi connectivity index (χ1n) is 48.9. The molecule has 10 aliphatic rings. The summed E-state index contributed by atoms with van der Waals surface area (Å²) in [5.74, 6) is 16.8. The van der Waals surface area contributed by atoms with Crippen molar-refractivity contribution in [1.29, 1.82) is 26.3 Å². The summed E-state index contributed by atoms with van der Waals surface area (Å²) in [6.07, 6.45) is 45.2. The first-order valence-corrected chi connectivity index (χ1v) is 49.7. The number of pyridine rings is 3. The minimum atomic E-state index is 0.312. The Labute approximate surface area is 809 Å². The Balaban J connectivity index is 0.000000123. The SMILES string of the molecule is Cc1cccc(N2CCC(C3CCN(c4cc(C#N)ncn4)CC3)CC2)n1.Cc1cnc(N2CCC(C3CCN(c4cc(C#N)c(Cl)cn4)CC3)CC2)nc1.Cc1cnc(N2CCC(C3CCN(c4cc(C#N)ncn4)CC3)CC2)nc1.Cc1cnc(N2CCC(C3CCN(c4ccc(Cl)c(C#N)n4)CC3)CC2)nc1.N#Cc1cc(N2CCC(C3CCN(c4ncccn4)CC3)CC2)ncn1. The minimum absolute atomic E-state index is 0.312. The van der Waals surface area contributed by atoms with E-state index >= 15 is 0 Å². The summed E-state index contributed by atoms with van der Waals surface area (Å²) < 4.78 is 0. The minimum Gasteiger partial charge on any atom is -0.357 e. The third-order valence-electron chi connectivity index (χ3n) is 29.7. The average molecular weight is 1870 g/mol. The smallest absolute Gasteiger partial charge is 0.225 e. The molecular weight excluding hydrogens is 1740 g/mol. The highest BCUT2D eigenvalue weighted by Gasteiger charge is 2.38. The van der Waals surface area contributed by atoms with Gasteiger partial charge >= 0.3 is 0 Å². The fourth-order valence-corrected chi connectivity index (χ4v) is 22.1. The predicted octanol–water partition coefficient (Wildman–Crippen LogP) is 15.7. The van der Waals surface area contributed by atoms with Crippen LogP contribution in [-0.2, 0) is 0 Å². The van der Waals surface area contributed by atoms with E-state index in [-0.39, 0.29) is 0 Å². The van der Waals surface area contributed by atoms with E-state index in [9.17, 15) is 5.26 Å². The largest absolute Gasteiger partial charge is 0.357 e. The van der Waals surface area contributed by atoms with E-state index in [1.54, 1.807) is 30.5 Å². The molecule has 0 unspecified atom stereocenters. The summed E-state index contributed by atoms with van der Waals surface area (Å²) in [5, 5.41) is 46.2. The van der Waals surface area contributed by atoms with E-state index < -0.39 is 0 Å². The number of aromatic nitrogens is 17. The molecule has 0 N–H and O–H groups in total. The van der Waals surface area contributed by atoms with E-state index in [1.807, 2.05) is 88.5 Å². The second-order valence-electron chi connectivity index (χ2n) is 38.0. The highest BCUT2D eigenvalue weighted by molar-refractivity contribution is 6.32. The zero-order chi connectivity index (χ0) is 94.1. The number of piperidine rings is 10. The van der Waals surface area contributed by atoms with Gasteiger partial charge < -0.3 is 49.0 Å². The number of nitrogens with zero attached hydrogens (tertiary/aromatic N) is 32. The van der Waals surface area contributed by atoms with Gasteiger partial charge in [-0.25, -0.2) is 84.7 Å². The van der Waals surface area contributed by atoms with Gasteiger partial charge in [-0.15, -0.1) is 0 Å². The average Bonchev–Trinajstić information content (AvgIpc) is 0.823. The molecule has 0 aliphatic carbocycles. The molecule has 10 fully saturated rings. The quantitative estimate of drug-likeness (QED) is 0.0920. The van der Waals surface area contributed by atoms with E-state index in [2.05, 4.69) is 189 Å². The van der Waals surface area contributed by atoms with Crippen LogP contribution in [0.5, 0.6) is 0 Å². The molecule has 20 rings (SSSR count). The van der Waals surface area contributed by atoms with Gasteiger partial charge in [0.05, 0.1) is 15.6 Å². The van der Waals surface area contributed by atoms with Gasteiger partial charge in [0.1, 0.15) is 101 Å². The summed E-state index contributed by atoms with van der Waals surface area (Å²) in [7, 11) is 0. The van der Waals surface area contributed by atoms with Gasteiger partial charge in [0, 0.05) is 211 Å². The van der Waals surface area contributed by atoms with Gasteiger partial charge in [-0.1, -0.05) is 29.3 Å².